The van der Waals surface area contributed by atoms with Crippen molar-refractivity contribution >= 4 is 17.2 Å². The van der Waals surface area contributed by atoms with Gasteiger partial charge in [0.25, 0.3) is 5.56 Å². The summed E-state index contributed by atoms with van der Waals surface area (Å²) in [6, 6.07) is 3.94. The molecule has 6 heteroatoms. The van der Waals surface area contributed by atoms with E-state index in [0.717, 1.165) is 16.1 Å². The van der Waals surface area contributed by atoms with Gasteiger partial charge in [-0.05, 0) is 24.8 Å². The fourth-order valence-electron chi connectivity index (χ4n) is 2.64. The highest BCUT2D eigenvalue weighted by Crippen LogP contribution is 2.25. The predicted octanol–water partition coefficient (Wildman–Crippen LogP) is 1.53. The molecule has 0 fully saturated rings. The van der Waals surface area contributed by atoms with Gasteiger partial charge in [0.2, 0.25) is 5.91 Å². The molecular formula is C15H17N3O2S. The average molecular weight is 303 g/mol. The second-order valence-corrected chi connectivity index (χ2v) is 6.31. The van der Waals surface area contributed by atoms with Gasteiger partial charge in [-0.25, -0.2) is 4.98 Å². The molecule has 1 aliphatic heterocycles. The number of thiophene rings is 1. The van der Waals surface area contributed by atoms with E-state index in [-0.39, 0.29) is 17.4 Å². The summed E-state index contributed by atoms with van der Waals surface area (Å²) in [5.74, 6) is -0.0383. The maximum atomic E-state index is 12.6. The lowest BCUT2D eigenvalue weighted by Gasteiger charge is -2.29. The monoisotopic (exact) mass is 303 g/mol. The lowest BCUT2D eigenvalue weighted by atomic mass is 10.0. The van der Waals surface area contributed by atoms with Crippen molar-refractivity contribution in [3.05, 3.63) is 50.3 Å². The molecule has 0 aliphatic carbocycles. The fourth-order valence-corrected chi connectivity index (χ4v) is 3.41. The number of hydrogen-bond donors (Lipinski definition) is 0. The highest BCUT2D eigenvalue weighted by atomic mass is 32.1. The van der Waals surface area contributed by atoms with Crippen LogP contribution in [-0.4, -0.2) is 26.9 Å². The Hall–Kier alpha value is -1.95. The summed E-state index contributed by atoms with van der Waals surface area (Å²) < 4.78 is 1.49. The van der Waals surface area contributed by atoms with E-state index < -0.39 is 0 Å². The number of aromatic nitrogens is 2. The molecule has 0 saturated heterocycles. The third kappa shape index (κ3) is 2.51. The van der Waals surface area contributed by atoms with E-state index in [0.29, 0.717) is 19.5 Å². The second-order valence-electron chi connectivity index (χ2n) is 5.33. The summed E-state index contributed by atoms with van der Waals surface area (Å²) in [6.45, 7) is 2.95. The number of aryl methyl sites for hydroxylation is 1. The molecule has 3 heterocycles. The van der Waals surface area contributed by atoms with Gasteiger partial charge in [0.1, 0.15) is 0 Å². The predicted molar refractivity (Wildman–Crippen MR) is 81.3 cm³/mol. The minimum atomic E-state index is -0.141. The van der Waals surface area contributed by atoms with E-state index in [4.69, 9.17) is 0 Å². The van der Waals surface area contributed by atoms with E-state index in [2.05, 4.69) is 4.98 Å². The zero-order chi connectivity index (χ0) is 15.0. The number of rotatable bonds is 2. The van der Waals surface area contributed by atoms with Crippen molar-refractivity contribution in [3.8, 4) is 0 Å². The summed E-state index contributed by atoms with van der Waals surface area (Å²) in [5, 5.41) is 1.98. The maximum absolute atomic E-state index is 12.6. The zero-order valence-electron chi connectivity index (χ0n) is 12.1. The molecule has 1 atom stereocenters. The minimum Gasteiger partial charge on any atom is -0.336 e. The first-order valence-electron chi connectivity index (χ1n) is 6.93. The molecule has 2 aromatic heterocycles. The Balaban J connectivity index is 1.82. The first kappa shape index (κ1) is 14.0. The van der Waals surface area contributed by atoms with E-state index in [1.807, 2.05) is 24.4 Å². The highest BCUT2D eigenvalue weighted by molar-refractivity contribution is 7.10. The normalized spacial score (nSPS) is 15.6. The molecule has 0 unspecified atom stereocenters. The Bertz CT molecular complexity index is 721. The van der Waals surface area contributed by atoms with Crippen LogP contribution < -0.4 is 5.56 Å². The lowest BCUT2D eigenvalue weighted by Crippen LogP contribution is -2.41. The molecule has 21 heavy (non-hydrogen) atoms. The summed E-state index contributed by atoms with van der Waals surface area (Å²) in [6.07, 6.45) is 2.11. The first-order valence-corrected chi connectivity index (χ1v) is 7.81. The third-order valence-corrected chi connectivity index (χ3v) is 4.99. The van der Waals surface area contributed by atoms with Gasteiger partial charge in [0.05, 0.1) is 24.5 Å². The number of nitrogens with zero attached hydrogens (tertiary/aromatic N) is 3. The Morgan fingerprint density at radius 3 is 3.00 bits per heavy atom. The quantitative estimate of drug-likeness (QED) is 0.845. The van der Waals surface area contributed by atoms with Crippen molar-refractivity contribution in [1.29, 1.82) is 0 Å². The molecule has 0 radical (unpaired) electrons. The van der Waals surface area contributed by atoms with Gasteiger partial charge in [0, 0.05) is 24.0 Å². The van der Waals surface area contributed by atoms with Crippen molar-refractivity contribution in [2.75, 3.05) is 6.54 Å². The number of hydrogen-bond acceptors (Lipinski definition) is 4. The van der Waals surface area contributed by atoms with Crippen LogP contribution in [0.5, 0.6) is 0 Å². The number of fused-ring (bicyclic) bond motifs is 1. The molecule has 0 saturated carbocycles. The molecular weight excluding hydrogens is 286 g/mol. The Morgan fingerprint density at radius 1 is 1.48 bits per heavy atom. The van der Waals surface area contributed by atoms with E-state index in [1.165, 1.54) is 10.9 Å². The summed E-state index contributed by atoms with van der Waals surface area (Å²) in [4.78, 5) is 31.8. The SMILES string of the molecule is C[C@@H](C(=O)N1CCc2c(ncn(C)c2=O)C1)c1cccs1. The van der Waals surface area contributed by atoms with Crippen molar-refractivity contribution in [2.24, 2.45) is 7.05 Å². The molecule has 2 aromatic rings. The number of carbonyl (C=O) groups excluding carboxylic acids is 1. The lowest BCUT2D eigenvalue weighted by molar-refractivity contribution is -0.133. The van der Waals surface area contributed by atoms with Crippen molar-refractivity contribution in [3.63, 3.8) is 0 Å². The van der Waals surface area contributed by atoms with Crippen LogP contribution in [0.4, 0.5) is 0 Å². The molecule has 0 N–H and O–H groups in total. The standard InChI is InChI=1S/C15H17N3O2S/c1-10(13-4-3-7-21-13)14(19)18-6-5-11-12(8-18)16-9-17(2)15(11)20/h3-4,7,9-10H,5-6,8H2,1-2H3/t10-/m1/s1. The Labute approximate surface area is 126 Å². The van der Waals surface area contributed by atoms with E-state index in [9.17, 15) is 9.59 Å². The van der Waals surface area contributed by atoms with Gasteiger partial charge in [-0.3, -0.25) is 9.59 Å². The van der Waals surface area contributed by atoms with Crippen molar-refractivity contribution in [2.45, 2.75) is 25.8 Å². The largest absolute Gasteiger partial charge is 0.336 e. The van der Waals surface area contributed by atoms with Gasteiger partial charge >= 0.3 is 0 Å². The van der Waals surface area contributed by atoms with Gasteiger partial charge in [-0.1, -0.05) is 6.07 Å². The smallest absolute Gasteiger partial charge is 0.256 e. The van der Waals surface area contributed by atoms with Crippen LogP contribution in [0.3, 0.4) is 0 Å². The number of amides is 1. The molecule has 0 spiro atoms. The van der Waals surface area contributed by atoms with Crippen LogP contribution in [0.1, 0.15) is 29.0 Å². The molecule has 1 aliphatic rings. The van der Waals surface area contributed by atoms with Gasteiger partial charge in [-0.15, -0.1) is 11.3 Å². The van der Waals surface area contributed by atoms with Crippen LogP contribution in [0.25, 0.3) is 0 Å². The minimum absolute atomic E-state index is 0.00148. The molecule has 1 amide bonds. The number of carbonyl (C=O) groups is 1. The Kier molecular flexibility index (Phi) is 3.63. The summed E-state index contributed by atoms with van der Waals surface area (Å²) >= 11 is 1.60. The van der Waals surface area contributed by atoms with Gasteiger partial charge in [-0.2, -0.15) is 0 Å². The first-order chi connectivity index (χ1) is 10.1. The third-order valence-electron chi connectivity index (χ3n) is 3.94. The van der Waals surface area contributed by atoms with Crippen LogP contribution in [0, 0.1) is 0 Å². The van der Waals surface area contributed by atoms with Gasteiger partial charge in [0.15, 0.2) is 0 Å². The second kappa shape index (κ2) is 5.44. The maximum Gasteiger partial charge on any atom is 0.256 e. The Morgan fingerprint density at radius 2 is 2.29 bits per heavy atom. The molecule has 0 aromatic carbocycles. The fraction of sp³-hybridized carbons (Fsp3) is 0.400. The van der Waals surface area contributed by atoms with Crippen molar-refractivity contribution in [1.82, 2.24) is 14.5 Å². The van der Waals surface area contributed by atoms with Crippen LogP contribution >= 0.6 is 11.3 Å². The summed E-state index contributed by atoms with van der Waals surface area (Å²) in [7, 11) is 1.70. The van der Waals surface area contributed by atoms with Crippen molar-refractivity contribution < 1.29 is 4.79 Å². The molecule has 3 rings (SSSR count). The molecule has 5 nitrogen and oxygen atoms in total. The average Bonchev–Trinajstić information content (AvgIpc) is 3.03. The van der Waals surface area contributed by atoms with E-state index in [1.54, 1.807) is 23.3 Å². The van der Waals surface area contributed by atoms with Crippen LogP contribution in [0.15, 0.2) is 28.6 Å². The molecule has 0 bridgehead atoms. The van der Waals surface area contributed by atoms with Crippen LogP contribution in [-0.2, 0) is 24.8 Å². The summed E-state index contributed by atoms with van der Waals surface area (Å²) in [5.41, 5.74) is 1.47. The topological polar surface area (TPSA) is 55.2 Å². The molecule has 110 valence electrons. The zero-order valence-corrected chi connectivity index (χ0v) is 12.9. The van der Waals surface area contributed by atoms with Crippen LogP contribution in [0.2, 0.25) is 0 Å². The highest BCUT2D eigenvalue weighted by Gasteiger charge is 2.28. The van der Waals surface area contributed by atoms with Gasteiger partial charge < -0.3 is 9.47 Å². The van der Waals surface area contributed by atoms with E-state index >= 15 is 0 Å².